The maximum Gasteiger partial charge on any atom is 0.223 e. The van der Waals surface area contributed by atoms with E-state index < -0.39 is 0 Å². The number of halogens is 1. The van der Waals surface area contributed by atoms with E-state index in [1.807, 2.05) is 31.2 Å². The van der Waals surface area contributed by atoms with Crippen molar-refractivity contribution in [3.63, 3.8) is 0 Å². The van der Waals surface area contributed by atoms with Crippen molar-refractivity contribution in [2.75, 3.05) is 7.05 Å². The number of fused-ring (bicyclic) bond motifs is 1. The van der Waals surface area contributed by atoms with Gasteiger partial charge in [-0.25, -0.2) is 9.37 Å². The van der Waals surface area contributed by atoms with Crippen molar-refractivity contribution in [3.8, 4) is 0 Å². The summed E-state index contributed by atoms with van der Waals surface area (Å²) < 4.78 is 14.2. The number of thiazole rings is 1. The summed E-state index contributed by atoms with van der Waals surface area (Å²) in [6, 6.07) is 14.2. The van der Waals surface area contributed by atoms with Crippen LogP contribution in [0.5, 0.6) is 0 Å². The lowest BCUT2D eigenvalue weighted by Gasteiger charge is -2.25. The minimum absolute atomic E-state index is 0.0612. The molecule has 3 aromatic rings. The molecule has 0 bridgehead atoms. The highest BCUT2D eigenvalue weighted by Crippen LogP contribution is 2.24. The molecule has 0 saturated heterocycles. The number of rotatable bonds is 5. The van der Waals surface area contributed by atoms with E-state index in [-0.39, 0.29) is 17.8 Å². The standard InChI is InChI=1S/C19H19FN2OS/c1-13(14-7-9-15(20)10-8-14)22(2)19(23)12-11-18-21-16-5-3-4-6-17(16)24-18/h3-10,13H,11-12H2,1-2H3/t13-/m0/s1. The van der Waals surface area contributed by atoms with Crippen LogP contribution < -0.4 is 0 Å². The topological polar surface area (TPSA) is 33.2 Å². The lowest BCUT2D eigenvalue weighted by molar-refractivity contribution is -0.131. The average molecular weight is 342 g/mol. The minimum atomic E-state index is -0.268. The van der Waals surface area contributed by atoms with E-state index in [9.17, 15) is 9.18 Å². The number of aryl methyl sites for hydroxylation is 1. The van der Waals surface area contributed by atoms with E-state index in [1.54, 1.807) is 35.4 Å². The van der Waals surface area contributed by atoms with Gasteiger partial charge in [-0.05, 0) is 36.8 Å². The first-order valence-electron chi connectivity index (χ1n) is 7.90. The predicted molar refractivity (Wildman–Crippen MR) is 95.5 cm³/mol. The number of carbonyl (C=O) groups excluding carboxylic acids is 1. The average Bonchev–Trinajstić information content (AvgIpc) is 3.02. The van der Waals surface area contributed by atoms with Gasteiger partial charge in [-0.1, -0.05) is 24.3 Å². The number of nitrogens with zero attached hydrogens (tertiary/aromatic N) is 2. The summed E-state index contributed by atoms with van der Waals surface area (Å²) in [5.41, 5.74) is 1.91. The Bertz CT molecular complexity index is 811. The maximum absolute atomic E-state index is 13.0. The van der Waals surface area contributed by atoms with Crippen molar-refractivity contribution in [1.82, 2.24) is 9.88 Å². The van der Waals surface area contributed by atoms with Gasteiger partial charge in [-0.15, -0.1) is 11.3 Å². The van der Waals surface area contributed by atoms with Crippen molar-refractivity contribution in [2.24, 2.45) is 0 Å². The second-order valence-corrected chi connectivity index (χ2v) is 6.92. The normalized spacial score (nSPS) is 12.3. The molecule has 1 heterocycles. The minimum Gasteiger partial charge on any atom is -0.339 e. The Morgan fingerprint density at radius 2 is 1.92 bits per heavy atom. The van der Waals surface area contributed by atoms with E-state index in [0.717, 1.165) is 20.8 Å². The van der Waals surface area contributed by atoms with Gasteiger partial charge in [-0.3, -0.25) is 4.79 Å². The van der Waals surface area contributed by atoms with E-state index in [2.05, 4.69) is 4.98 Å². The second-order valence-electron chi connectivity index (χ2n) is 5.81. The van der Waals surface area contributed by atoms with E-state index in [1.165, 1.54) is 12.1 Å². The Kier molecular flexibility index (Phi) is 4.90. The molecule has 2 aromatic carbocycles. The predicted octanol–water partition coefficient (Wildman–Crippen LogP) is 4.59. The quantitative estimate of drug-likeness (QED) is 0.679. The van der Waals surface area contributed by atoms with Crippen LogP contribution in [0, 0.1) is 5.82 Å². The number of hydrogen-bond donors (Lipinski definition) is 0. The molecule has 0 radical (unpaired) electrons. The van der Waals surface area contributed by atoms with E-state index >= 15 is 0 Å². The number of para-hydroxylation sites is 1. The van der Waals surface area contributed by atoms with Gasteiger partial charge in [0.05, 0.1) is 21.3 Å². The summed E-state index contributed by atoms with van der Waals surface area (Å²) in [6.45, 7) is 1.95. The smallest absolute Gasteiger partial charge is 0.223 e. The van der Waals surface area contributed by atoms with Crippen molar-refractivity contribution < 1.29 is 9.18 Å². The van der Waals surface area contributed by atoms with Crippen molar-refractivity contribution in [2.45, 2.75) is 25.8 Å². The zero-order valence-corrected chi connectivity index (χ0v) is 14.5. The lowest BCUT2D eigenvalue weighted by atomic mass is 10.1. The van der Waals surface area contributed by atoms with Crippen LogP contribution in [0.3, 0.4) is 0 Å². The summed E-state index contributed by atoms with van der Waals surface area (Å²) >= 11 is 1.63. The Labute approximate surface area is 144 Å². The molecule has 0 N–H and O–H groups in total. The van der Waals surface area contributed by atoms with Crippen LogP contribution in [-0.2, 0) is 11.2 Å². The van der Waals surface area contributed by atoms with Gasteiger partial charge >= 0.3 is 0 Å². The molecule has 0 spiro atoms. The molecule has 0 saturated carbocycles. The Morgan fingerprint density at radius 1 is 1.21 bits per heavy atom. The molecule has 0 fully saturated rings. The van der Waals surface area contributed by atoms with Gasteiger partial charge in [-0.2, -0.15) is 0 Å². The molecule has 0 aliphatic rings. The molecule has 1 aromatic heterocycles. The molecule has 0 unspecified atom stereocenters. The number of amides is 1. The molecule has 0 aliphatic heterocycles. The van der Waals surface area contributed by atoms with Crippen LogP contribution in [0.1, 0.15) is 30.0 Å². The van der Waals surface area contributed by atoms with Gasteiger partial charge in [0, 0.05) is 19.9 Å². The van der Waals surface area contributed by atoms with Gasteiger partial charge in [0.25, 0.3) is 0 Å². The van der Waals surface area contributed by atoms with Crippen molar-refractivity contribution >= 4 is 27.5 Å². The molecule has 3 nitrogen and oxygen atoms in total. The Hall–Kier alpha value is -2.27. The number of aromatic nitrogens is 1. The summed E-state index contributed by atoms with van der Waals surface area (Å²) in [7, 11) is 1.79. The summed E-state index contributed by atoms with van der Waals surface area (Å²) in [4.78, 5) is 18.7. The molecule has 5 heteroatoms. The number of carbonyl (C=O) groups is 1. The fraction of sp³-hybridized carbons (Fsp3) is 0.263. The first-order valence-corrected chi connectivity index (χ1v) is 8.72. The molecule has 1 atom stereocenters. The summed E-state index contributed by atoms with van der Waals surface area (Å²) in [6.07, 6.45) is 1.06. The zero-order valence-electron chi connectivity index (χ0n) is 13.7. The third-order valence-corrected chi connectivity index (χ3v) is 5.31. The van der Waals surface area contributed by atoms with Gasteiger partial charge in [0.2, 0.25) is 5.91 Å². The van der Waals surface area contributed by atoms with Crippen LogP contribution in [0.2, 0.25) is 0 Å². The van der Waals surface area contributed by atoms with Crippen LogP contribution in [0.25, 0.3) is 10.2 Å². The van der Waals surface area contributed by atoms with E-state index in [0.29, 0.717) is 12.8 Å². The van der Waals surface area contributed by atoms with Crippen LogP contribution in [0.15, 0.2) is 48.5 Å². The fourth-order valence-electron chi connectivity index (χ4n) is 2.60. The lowest BCUT2D eigenvalue weighted by Crippen LogP contribution is -2.29. The number of benzene rings is 2. The van der Waals surface area contributed by atoms with Crippen LogP contribution >= 0.6 is 11.3 Å². The van der Waals surface area contributed by atoms with Crippen molar-refractivity contribution in [3.05, 3.63) is 64.9 Å². The molecule has 124 valence electrons. The van der Waals surface area contributed by atoms with Gasteiger partial charge in [0.1, 0.15) is 5.82 Å². The molecule has 0 aliphatic carbocycles. The monoisotopic (exact) mass is 342 g/mol. The molecule has 1 amide bonds. The van der Waals surface area contributed by atoms with Gasteiger partial charge < -0.3 is 4.90 Å². The molecular formula is C19H19FN2OS. The molecule has 3 rings (SSSR count). The number of hydrogen-bond acceptors (Lipinski definition) is 3. The first-order chi connectivity index (χ1) is 11.5. The zero-order chi connectivity index (χ0) is 17.1. The highest BCUT2D eigenvalue weighted by molar-refractivity contribution is 7.18. The SMILES string of the molecule is C[C@@H](c1ccc(F)cc1)N(C)C(=O)CCc1nc2ccccc2s1. The Balaban J connectivity index is 1.62. The van der Waals surface area contributed by atoms with E-state index in [4.69, 9.17) is 0 Å². The largest absolute Gasteiger partial charge is 0.339 e. The molecular weight excluding hydrogens is 323 g/mol. The second kappa shape index (κ2) is 7.09. The third kappa shape index (κ3) is 3.62. The van der Waals surface area contributed by atoms with Crippen LogP contribution in [0.4, 0.5) is 4.39 Å². The van der Waals surface area contributed by atoms with Gasteiger partial charge in [0.15, 0.2) is 0 Å². The highest BCUT2D eigenvalue weighted by Gasteiger charge is 2.18. The fourth-order valence-corrected chi connectivity index (χ4v) is 3.56. The first kappa shape index (κ1) is 16.6. The third-order valence-electron chi connectivity index (χ3n) is 4.22. The van der Waals surface area contributed by atoms with Crippen molar-refractivity contribution in [1.29, 1.82) is 0 Å². The summed E-state index contributed by atoms with van der Waals surface area (Å²) in [5.74, 6) is -0.207. The van der Waals surface area contributed by atoms with Crippen LogP contribution in [-0.4, -0.2) is 22.8 Å². The molecule has 24 heavy (non-hydrogen) atoms. The maximum atomic E-state index is 13.0. The highest BCUT2D eigenvalue weighted by atomic mass is 32.1. The summed E-state index contributed by atoms with van der Waals surface area (Å²) in [5, 5.41) is 0.979. The Morgan fingerprint density at radius 3 is 2.62 bits per heavy atom.